The lowest BCUT2D eigenvalue weighted by molar-refractivity contribution is -0.144. The van der Waals surface area contributed by atoms with Crippen LogP contribution in [0.5, 0.6) is 0 Å². The van der Waals surface area contributed by atoms with E-state index in [9.17, 15) is 14.7 Å². The van der Waals surface area contributed by atoms with Gasteiger partial charge in [-0.05, 0) is 30.7 Å². The SMILES string of the molecule is Cn1nccc1[C@@H]1C[C@H]1NC(=O)[C@@H]1C[C@@H](O)CN1C(=O)[C@@H](n1cc(C2CC2)nn1)C(C)(C)C. The van der Waals surface area contributed by atoms with Crippen molar-refractivity contribution in [3.8, 4) is 0 Å². The zero-order valence-electron chi connectivity index (χ0n) is 19.7. The van der Waals surface area contributed by atoms with Crippen LogP contribution in [-0.4, -0.2) is 71.3 Å². The van der Waals surface area contributed by atoms with Crippen LogP contribution in [0.2, 0.25) is 0 Å². The molecule has 0 unspecified atom stereocenters. The average Bonchev–Trinajstić information content (AvgIpc) is 3.57. The molecular formula is C23H33N7O3. The summed E-state index contributed by atoms with van der Waals surface area (Å²) in [5.41, 5.74) is 1.56. The van der Waals surface area contributed by atoms with Crippen LogP contribution < -0.4 is 5.32 Å². The minimum Gasteiger partial charge on any atom is -0.391 e. The number of nitrogens with one attached hydrogen (secondary N) is 1. The molecule has 1 saturated heterocycles. The number of nitrogens with zero attached hydrogens (tertiary/aromatic N) is 6. The molecule has 1 aliphatic heterocycles. The fraction of sp³-hybridized carbons (Fsp3) is 0.696. The molecule has 0 spiro atoms. The molecule has 0 bridgehead atoms. The molecule has 3 aliphatic rings. The average molecular weight is 456 g/mol. The summed E-state index contributed by atoms with van der Waals surface area (Å²) >= 11 is 0. The van der Waals surface area contributed by atoms with Crippen molar-refractivity contribution in [1.82, 2.24) is 35.0 Å². The van der Waals surface area contributed by atoms with Gasteiger partial charge in [-0.25, -0.2) is 4.68 Å². The summed E-state index contributed by atoms with van der Waals surface area (Å²) < 4.78 is 3.48. The lowest BCUT2D eigenvalue weighted by Gasteiger charge is -2.34. The molecule has 10 heteroatoms. The Kier molecular flexibility index (Phi) is 5.30. The number of aliphatic hydroxyl groups is 1. The highest BCUT2D eigenvalue weighted by atomic mass is 16.3. The van der Waals surface area contributed by atoms with Gasteiger partial charge in [-0.1, -0.05) is 26.0 Å². The number of hydrogen-bond donors (Lipinski definition) is 2. The Balaban J connectivity index is 1.32. The zero-order valence-corrected chi connectivity index (χ0v) is 19.7. The Hall–Kier alpha value is -2.75. The first-order valence-corrected chi connectivity index (χ1v) is 11.8. The van der Waals surface area contributed by atoms with Crippen molar-refractivity contribution in [2.75, 3.05) is 6.54 Å². The molecule has 3 fully saturated rings. The molecular weight excluding hydrogens is 422 g/mol. The predicted molar refractivity (Wildman–Crippen MR) is 119 cm³/mol. The second kappa shape index (κ2) is 7.93. The molecule has 2 aliphatic carbocycles. The Morgan fingerprint density at radius 3 is 2.64 bits per heavy atom. The number of β-amino-alcohol motifs (C(OH)–C–C–N with tert-alkyl or cyclic N) is 1. The summed E-state index contributed by atoms with van der Waals surface area (Å²) in [6.07, 6.45) is 6.20. The van der Waals surface area contributed by atoms with Gasteiger partial charge < -0.3 is 15.3 Å². The van der Waals surface area contributed by atoms with Gasteiger partial charge >= 0.3 is 0 Å². The first-order chi connectivity index (χ1) is 15.6. The van der Waals surface area contributed by atoms with Gasteiger partial charge in [0.2, 0.25) is 11.8 Å². The van der Waals surface area contributed by atoms with Crippen LogP contribution in [-0.2, 0) is 16.6 Å². The van der Waals surface area contributed by atoms with Crippen molar-refractivity contribution in [2.24, 2.45) is 12.5 Å². The van der Waals surface area contributed by atoms with Crippen LogP contribution >= 0.6 is 0 Å². The van der Waals surface area contributed by atoms with Gasteiger partial charge in [0.15, 0.2) is 0 Å². The van der Waals surface area contributed by atoms with E-state index in [-0.39, 0.29) is 36.7 Å². The molecule has 10 nitrogen and oxygen atoms in total. The summed E-state index contributed by atoms with van der Waals surface area (Å²) in [7, 11) is 1.89. The zero-order chi connectivity index (χ0) is 23.5. The molecule has 0 radical (unpaired) electrons. The predicted octanol–water partition coefficient (Wildman–Crippen LogP) is 1.11. The van der Waals surface area contributed by atoms with Gasteiger partial charge in [0.1, 0.15) is 12.1 Å². The van der Waals surface area contributed by atoms with Crippen LogP contribution in [0.25, 0.3) is 0 Å². The molecule has 2 aromatic rings. The van der Waals surface area contributed by atoms with E-state index in [1.165, 1.54) is 4.90 Å². The summed E-state index contributed by atoms with van der Waals surface area (Å²) in [6, 6.07) is 0.684. The molecule has 5 rings (SSSR count). The number of aromatic nitrogens is 5. The lowest BCUT2D eigenvalue weighted by Crippen LogP contribution is -2.50. The molecule has 2 aromatic heterocycles. The van der Waals surface area contributed by atoms with Gasteiger partial charge in [0.25, 0.3) is 0 Å². The van der Waals surface area contributed by atoms with Crippen molar-refractivity contribution in [1.29, 1.82) is 0 Å². The first-order valence-electron chi connectivity index (χ1n) is 11.8. The van der Waals surface area contributed by atoms with Crippen molar-refractivity contribution in [3.05, 3.63) is 29.8 Å². The van der Waals surface area contributed by atoms with Crippen molar-refractivity contribution in [2.45, 2.75) is 82.5 Å². The molecule has 2 saturated carbocycles. The van der Waals surface area contributed by atoms with E-state index in [4.69, 9.17) is 0 Å². The van der Waals surface area contributed by atoms with Crippen LogP contribution in [0, 0.1) is 5.41 Å². The number of carbonyl (C=O) groups is 2. The second-order valence-corrected chi connectivity index (χ2v) is 10.9. The van der Waals surface area contributed by atoms with E-state index >= 15 is 0 Å². The minimum absolute atomic E-state index is 0.0254. The van der Waals surface area contributed by atoms with Gasteiger partial charge in [-0.3, -0.25) is 14.3 Å². The Morgan fingerprint density at radius 2 is 2.00 bits per heavy atom. The molecule has 2 amide bonds. The number of likely N-dealkylation sites (tertiary alicyclic amines) is 1. The third-order valence-corrected chi connectivity index (χ3v) is 7.06. The van der Waals surface area contributed by atoms with Gasteiger partial charge in [-0.2, -0.15) is 5.10 Å². The minimum atomic E-state index is -0.727. The fourth-order valence-electron chi connectivity index (χ4n) is 5.03. The number of aryl methyl sites for hydroxylation is 1. The van der Waals surface area contributed by atoms with Crippen molar-refractivity contribution < 1.29 is 14.7 Å². The maximum atomic E-state index is 13.8. The van der Waals surface area contributed by atoms with Crippen LogP contribution in [0.3, 0.4) is 0 Å². The van der Waals surface area contributed by atoms with Gasteiger partial charge in [0.05, 0.1) is 11.8 Å². The largest absolute Gasteiger partial charge is 0.391 e. The third-order valence-electron chi connectivity index (χ3n) is 7.06. The Labute approximate surface area is 193 Å². The highest BCUT2D eigenvalue weighted by Crippen LogP contribution is 2.42. The maximum Gasteiger partial charge on any atom is 0.248 e. The van der Waals surface area contributed by atoms with E-state index in [0.29, 0.717) is 5.92 Å². The normalized spacial score (nSPS) is 28.1. The summed E-state index contributed by atoms with van der Waals surface area (Å²) in [4.78, 5) is 28.5. The summed E-state index contributed by atoms with van der Waals surface area (Å²) in [5.74, 6) is 0.257. The number of carbonyl (C=O) groups excluding carboxylic acids is 2. The van der Waals surface area contributed by atoms with Crippen molar-refractivity contribution >= 4 is 11.8 Å². The van der Waals surface area contributed by atoms with E-state index < -0.39 is 23.6 Å². The van der Waals surface area contributed by atoms with Crippen LogP contribution in [0.1, 0.15) is 75.7 Å². The number of rotatable bonds is 6. The number of hydrogen-bond acceptors (Lipinski definition) is 6. The van der Waals surface area contributed by atoms with E-state index in [1.807, 2.05) is 44.8 Å². The molecule has 0 aromatic carbocycles. The van der Waals surface area contributed by atoms with Gasteiger partial charge in [0, 0.05) is 56.0 Å². The van der Waals surface area contributed by atoms with E-state index in [0.717, 1.165) is 30.7 Å². The Bertz CT molecular complexity index is 1050. The van der Waals surface area contributed by atoms with Crippen LogP contribution in [0.4, 0.5) is 0 Å². The molecule has 5 atom stereocenters. The van der Waals surface area contributed by atoms with E-state index in [2.05, 4.69) is 20.7 Å². The molecule has 2 N–H and O–H groups in total. The first kappa shape index (κ1) is 22.1. The topological polar surface area (TPSA) is 118 Å². The highest BCUT2D eigenvalue weighted by molar-refractivity contribution is 5.90. The highest BCUT2D eigenvalue weighted by Gasteiger charge is 2.48. The smallest absolute Gasteiger partial charge is 0.248 e. The fourth-order valence-corrected chi connectivity index (χ4v) is 5.03. The molecule has 178 valence electrons. The number of aliphatic hydroxyl groups excluding tert-OH is 1. The van der Waals surface area contributed by atoms with Crippen LogP contribution in [0.15, 0.2) is 18.5 Å². The molecule has 33 heavy (non-hydrogen) atoms. The maximum absolute atomic E-state index is 13.8. The lowest BCUT2D eigenvalue weighted by atomic mass is 9.85. The Morgan fingerprint density at radius 1 is 1.24 bits per heavy atom. The van der Waals surface area contributed by atoms with Gasteiger partial charge in [-0.15, -0.1) is 5.10 Å². The van der Waals surface area contributed by atoms with Crippen molar-refractivity contribution in [3.63, 3.8) is 0 Å². The molecule has 3 heterocycles. The summed E-state index contributed by atoms with van der Waals surface area (Å²) in [6.45, 7) is 6.10. The monoisotopic (exact) mass is 455 g/mol. The number of amides is 2. The van der Waals surface area contributed by atoms with E-state index in [1.54, 1.807) is 10.9 Å². The quantitative estimate of drug-likeness (QED) is 0.674. The summed E-state index contributed by atoms with van der Waals surface area (Å²) in [5, 5.41) is 26.2. The standard InChI is InChI=1S/C23H33N7O3/c1-23(2,3)20(30-12-17(26-27-30)13-5-6-13)22(33)29-11-14(31)9-19(29)21(32)25-16-10-15(16)18-7-8-24-28(18)4/h7-8,12-16,19-20,31H,5-6,9-11H2,1-4H3,(H,25,32)/t14-,15-,16-,19+,20-/m1/s1. The third kappa shape index (κ3) is 4.28. The second-order valence-electron chi connectivity index (χ2n) is 10.9.